The lowest BCUT2D eigenvalue weighted by atomic mass is 10.1. The number of aryl methyl sites for hydroxylation is 1. The number of hydrogen-bond acceptors (Lipinski definition) is 6. The van der Waals surface area contributed by atoms with Crippen molar-refractivity contribution in [3.8, 4) is 5.69 Å². The van der Waals surface area contributed by atoms with Gasteiger partial charge >= 0.3 is 11.9 Å². The number of hydrogen-bond donors (Lipinski definition) is 0. The number of rotatable bonds is 5. The Hall–Kier alpha value is -3.61. The van der Waals surface area contributed by atoms with Crippen molar-refractivity contribution < 1.29 is 19.1 Å². The molecule has 7 nitrogen and oxygen atoms in total. The molecule has 0 spiro atoms. The number of methoxy groups -OCH3 is 2. The molecular weight excluding hydrogens is 358 g/mol. The van der Waals surface area contributed by atoms with Crippen molar-refractivity contribution in [2.24, 2.45) is 0 Å². The standard InChI is InChI=1S/C21H21N3O4/c1-4-18-22-12-14-23(18)15-8-10-16(11-9-15)24-13-6-5-7-17(20(25)27-2)19(24)21(26)28-3/h5-14H,4H2,1-3H3. The van der Waals surface area contributed by atoms with Crippen LogP contribution in [-0.4, -0.2) is 35.7 Å². The second-order valence-corrected chi connectivity index (χ2v) is 5.90. The van der Waals surface area contributed by atoms with Gasteiger partial charge in [0.15, 0.2) is 0 Å². The number of aromatic nitrogens is 2. The number of carbonyl (C=O) groups excluding carboxylic acids is 2. The van der Waals surface area contributed by atoms with Crippen molar-refractivity contribution in [3.05, 3.63) is 78.2 Å². The Labute approximate surface area is 163 Å². The SMILES string of the molecule is CCc1nccn1-c1ccc(N2C=CC=CC(C(=O)OC)=C2C(=O)OC)cc1. The summed E-state index contributed by atoms with van der Waals surface area (Å²) in [6.45, 7) is 2.05. The Kier molecular flexibility index (Phi) is 5.74. The summed E-state index contributed by atoms with van der Waals surface area (Å²) >= 11 is 0. The summed E-state index contributed by atoms with van der Waals surface area (Å²) in [6, 6.07) is 7.58. The third-order valence-corrected chi connectivity index (χ3v) is 4.33. The number of nitrogens with zero attached hydrogens (tertiary/aromatic N) is 3. The fourth-order valence-corrected chi connectivity index (χ4v) is 2.97. The summed E-state index contributed by atoms with van der Waals surface area (Å²) in [5, 5.41) is 0. The molecule has 0 atom stereocenters. The van der Waals surface area contributed by atoms with Gasteiger partial charge in [-0.15, -0.1) is 0 Å². The molecule has 0 saturated carbocycles. The van der Waals surface area contributed by atoms with Crippen molar-refractivity contribution >= 4 is 17.6 Å². The Bertz CT molecular complexity index is 968. The minimum atomic E-state index is -0.636. The van der Waals surface area contributed by atoms with E-state index in [0.717, 1.165) is 17.9 Å². The van der Waals surface area contributed by atoms with Gasteiger partial charge in [0, 0.05) is 36.4 Å². The number of imidazole rings is 1. The molecule has 2 heterocycles. The van der Waals surface area contributed by atoms with E-state index in [0.29, 0.717) is 5.69 Å². The third kappa shape index (κ3) is 3.59. The average molecular weight is 379 g/mol. The molecule has 1 aliphatic heterocycles. The van der Waals surface area contributed by atoms with Gasteiger partial charge in [-0.1, -0.05) is 13.0 Å². The van der Waals surface area contributed by atoms with Crippen LogP contribution in [0.1, 0.15) is 12.7 Å². The zero-order chi connectivity index (χ0) is 20.1. The summed E-state index contributed by atoms with van der Waals surface area (Å²) in [4.78, 5) is 30.6. The van der Waals surface area contributed by atoms with Crippen LogP contribution in [0.4, 0.5) is 5.69 Å². The van der Waals surface area contributed by atoms with Gasteiger partial charge in [0.1, 0.15) is 11.5 Å². The van der Waals surface area contributed by atoms with E-state index in [2.05, 4.69) is 4.98 Å². The van der Waals surface area contributed by atoms with Crippen LogP contribution >= 0.6 is 0 Å². The first-order chi connectivity index (χ1) is 13.6. The second-order valence-electron chi connectivity index (χ2n) is 5.90. The fraction of sp³-hybridized carbons (Fsp3) is 0.190. The molecule has 0 amide bonds. The third-order valence-electron chi connectivity index (χ3n) is 4.33. The Balaban J connectivity index is 2.05. The van der Waals surface area contributed by atoms with E-state index in [1.807, 2.05) is 42.0 Å². The fourth-order valence-electron chi connectivity index (χ4n) is 2.97. The van der Waals surface area contributed by atoms with E-state index < -0.39 is 11.9 Å². The molecule has 0 fully saturated rings. The Morgan fingerprint density at radius 2 is 1.68 bits per heavy atom. The van der Waals surface area contributed by atoms with Gasteiger partial charge in [-0.05, 0) is 36.4 Å². The molecular formula is C21H21N3O4. The molecule has 0 radical (unpaired) electrons. The van der Waals surface area contributed by atoms with E-state index in [1.165, 1.54) is 20.3 Å². The summed E-state index contributed by atoms with van der Waals surface area (Å²) in [5.41, 5.74) is 1.85. The van der Waals surface area contributed by atoms with Crippen LogP contribution in [0.15, 0.2) is 72.4 Å². The van der Waals surface area contributed by atoms with E-state index in [1.54, 1.807) is 29.4 Å². The first kappa shape index (κ1) is 19.2. The van der Waals surface area contributed by atoms with Crippen LogP contribution in [0.2, 0.25) is 0 Å². The van der Waals surface area contributed by atoms with Crippen LogP contribution < -0.4 is 4.90 Å². The van der Waals surface area contributed by atoms with Crippen molar-refractivity contribution in [1.29, 1.82) is 0 Å². The highest BCUT2D eigenvalue weighted by Crippen LogP contribution is 2.27. The summed E-state index contributed by atoms with van der Waals surface area (Å²) in [7, 11) is 2.54. The molecule has 1 aromatic heterocycles. The lowest BCUT2D eigenvalue weighted by Crippen LogP contribution is -2.26. The molecule has 1 aromatic carbocycles. The van der Waals surface area contributed by atoms with Crippen LogP contribution in [0.5, 0.6) is 0 Å². The molecule has 0 unspecified atom stereocenters. The van der Waals surface area contributed by atoms with Crippen LogP contribution in [0.25, 0.3) is 5.69 Å². The predicted octanol–water partition coefficient (Wildman–Crippen LogP) is 2.92. The maximum atomic E-state index is 12.5. The number of esters is 2. The monoisotopic (exact) mass is 379 g/mol. The minimum Gasteiger partial charge on any atom is -0.465 e. The maximum Gasteiger partial charge on any atom is 0.355 e. The molecule has 1 aliphatic rings. The highest BCUT2D eigenvalue weighted by atomic mass is 16.5. The maximum absolute atomic E-state index is 12.5. The molecule has 28 heavy (non-hydrogen) atoms. The van der Waals surface area contributed by atoms with Gasteiger partial charge < -0.3 is 18.9 Å². The smallest absolute Gasteiger partial charge is 0.355 e. The van der Waals surface area contributed by atoms with Gasteiger partial charge in [-0.25, -0.2) is 14.6 Å². The zero-order valence-electron chi connectivity index (χ0n) is 16.0. The molecule has 0 bridgehead atoms. The van der Waals surface area contributed by atoms with E-state index in [4.69, 9.17) is 9.47 Å². The van der Waals surface area contributed by atoms with Crippen molar-refractivity contribution in [3.63, 3.8) is 0 Å². The van der Waals surface area contributed by atoms with Crippen molar-refractivity contribution in [2.75, 3.05) is 19.1 Å². The van der Waals surface area contributed by atoms with Gasteiger partial charge in [-0.3, -0.25) is 0 Å². The average Bonchev–Trinajstić information content (AvgIpc) is 3.11. The molecule has 2 aromatic rings. The van der Waals surface area contributed by atoms with Crippen molar-refractivity contribution in [1.82, 2.24) is 9.55 Å². The number of benzene rings is 1. The van der Waals surface area contributed by atoms with Gasteiger partial charge in [-0.2, -0.15) is 0 Å². The molecule has 7 heteroatoms. The Morgan fingerprint density at radius 1 is 1.00 bits per heavy atom. The largest absolute Gasteiger partial charge is 0.465 e. The molecule has 0 N–H and O–H groups in total. The molecule has 3 rings (SSSR count). The number of ether oxygens (including phenoxy) is 2. The predicted molar refractivity (Wildman–Crippen MR) is 105 cm³/mol. The van der Waals surface area contributed by atoms with Gasteiger partial charge in [0.2, 0.25) is 0 Å². The molecule has 0 aliphatic carbocycles. The van der Waals surface area contributed by atoms with Crippen molar-refractivity contribution in [2.45, 2.75) is 13.3 Å². The van der Waals surface area contributed by atoms with Crippen LogP contribution in [0.3, 0.4) is 0 Å². The first-order valence-electron chi connectivity index (χ1n) is 8.78. The highest BCUT2D eigenvalue weighted by molar-refractivity contribution is 6.05. The van der Waals surface area contributed by atoms with Gasteiger partial charge in [0.05, 0.1) is 19.8 Å². The van der Waals surface area contributed by atoms with E-state index in [9.17, 15) is 9.59 Å². The van der Waals surface area contributed by atoms with E-state index in [-0.39, 0.29) is 11.3 Å². The number of allylic oxidation sites excluding steroid dienone is 2. The summed E-state index contributed by atoms with van der Waals surface area (Å²) in [6.07, 6.45) is 11.1. The van der Waals surface area contributed by atoms with E-state index >= 15 is 0 Å². The lowest BCUT2D eigenvalue weighted by molar-refractivity contribution is -0.139. The molecule has 0 saturated heterocycles. The summed E-state index contributed by atoms with van der Waals surface area (Å²) in [5.74, 6) is -0.300. The number of anilines is 1. The molecule has 144 valence electrons. The first-order valence-corrected chi connectivity index (χ1v) is 8.78. The topological polar surface area (TPSA) is 73.7 Å². The van der Waals surface area contributed by atoms with Crippen LogP contribution in [0, 0.1) is 0 Å². The summed E-state index contributed by atoms with van der Waals surface area (Å²) < 4.78 is 11.7. The Morgan fingerprint density at radius 3 is 2.32 bits per heavy atom. The second kappa shape index (κ2) is 8.39. The minimum absolute atomic E-state index is 0.0870. The van der Waals surface area contributed by atoms with Gasteiger partial charge in [0.25, 0.3) is 0 Å². The quantitative estimate of drug-likeness (QED) is 0.744. The number of carbonyl (C=O) groups is 2. The lowest BCUT2D eigenvalue weighted by Gasteiger charge is -2.23. The highest BCUT2D eigenvalue weighted by Gasteiger charge is 2.27. The zero-order valence-corrected chi connectivity index (χ0v) is 16.0. The normalized spacial score (nSPS) is 13.5. The van der Waals surface area contributed by atoms with Crippen LogP contribution in [-0.2, 0) is 25.5 Å².